The van der Waals surface area contributed by atoms with Crippen molar-refractivity contribution >= 4 is 8.92 Å². The van der Waals surface area contributed by atoms with Gasteiger partial charge in [-0.1, -0.05) is 0 Å². The Kier molecular flexibility index (Phi) is 3.91. The van der Waals surface area contributed by atoms with Gasteiger partial charge in [-0.05, 0) is 0 Å². The number of hydrogen-bond donors (Lipinski definition) is 0. The van der Waals surface area contributed by atoms with Crippen molar-refractivity contribution in [2.24, 2.45) is 0 Å². The summed E-state index contributed by atoms with van der Waals surface area (Å²) in [7, 11) is 0. The molecule has 0 radical (unpaired) electrons. The third kappa shape index (κ3) is 2.52. The Bertz CT molecular complexity index is 634. The van der Waals surface area contributed by atoms with Crippen LogP contribution < -0.4 is 8.92 Å². The van der Waals surface area contributed by atoms with Gasteiger partial charge in [-0.15, -0.1) is 0 Å². The van der Waals surface area contributed by atoms with Gasteiger partial charge < -0.3 is 0 Å². The second-order valence-electron chi connectivity index (χ2n) is 4.97. The maximum atomic E-state index is 2.32. The third-order valence-corrected chi connectivity index (χ3v) is 7.00. The SMILES string of the molecule is Cc1cccc[c]1[Fe]([C]1=CC=CC1)[c]1ccccc1C. The maximum absolute atomic E-state index is 2.32. The summed E-state index contributed by atoms with van der Waals surface area (Å²) in [5.41, 5.74) is 2.81. The molecule has 1 aliphatic carbocycles. The average Bonchev–Trinajstić information content (AvgIpc) is 2.97. The molecule has 0 unspecified atom stereocenters. The first-order valence-electron chi connectivity index (χ1n) is 6.90. The molecule has 0 N–H and O–H groups in total. The fourth-order valence-electron chi connectivity index (χ4n) is 2.38. The molecule has 0 saturated heterocycles. The minimum absolute atomic E-state index is 0.617. The topological polar surface area (TPSA) is 0 Å². The summed E-state index contributed by atoms with van der Waals surface area (Å²) in [6, 6.07) is 17.7. The van der Waals surface area contributed by atoms with Crippen molar-refractivity contribution in [1.29, 1.82) is 0 Å². The Hall–Kier alpha value is -1.56. The third-order valence-electron chi connectivity index (χ3n) is 3.45. The van der Waals surface area contributed by atoms with Crippen molar-refractivity contribution in [3.05, 3.63) is 82.4 Å². The molecule has 1 aliphatic rings. The van der Waals surface area contributed by atoms with Crippen LogP contribution in [0.4, 0.5) is 0 Å². The van der Waals surface area contributed by atoms with E-state index in [-0.39, 0.29) is 0 Å². The molecule has 0 nitrogen and oxygen atoms in total. The number of benzene rings is 2. The van der Waals surface area contributed by atoms with Crippen molar-refractivity contribution < 1.29 is 13.9 Å². The van der Waals surface area contributed by atoms with Gasteiger partial charge in [0.15, 0.2) is 0 Å². The van der Waals surface area contributed by atoms with E-state index in [2.05, 4.69) is 80.6 Å². The minimum atomic E-state index is -0.617. The Morgan fingerprint density at radius 2 is 1.35 bits per heavy atom. The quantitative estimate of drug-likeness (QED) is 0.758. The number of hydrogen-bond acceptors (Lipinski definition) is 0. The van der Waals surface area contributed by atoms with Crippen molar-refractivity contribution in [2.45, 2.75) is 20.3 Å². The van der Waals surface area contributed by atoms with Gasteiger partial charge in [-0.2, -0.15) is 0 Å². The van der Waals surface area contributed by atoms with E-state index in [1.54, 1.807) is 4.47 Å². The van der Waals surface area contributed by atoms with E-state index in [0.29, 0.717) is 0 Å². The van der Waals surface area contributed by atoms with E-state index in [9.17, 15) is 0 Å². The van der Waals surface area contributed by atoms with Crippen molar-refractivity contribution in [1.82, 2.24) is 0 Å². The molecule has 1 heteroatoms. The van der Waals surface area contributed by atoms with E-state index < -0.39 is 13.9 Å². The Labute approximate surface area is 125 Å². The fraction of sp³-hybridized carbons (Fsp3) is 0.158. The molecule has 20 heavy (non-hydrogen) atoms. The van der Waals surface area contributed by atoms with Crippen LogP contribution in [-0.2, 0) is 13.9 Å². The van der Waals surface area contributed by atoms with Crippen LogP contribution in [0, 0.1) is 13.8 Å². The summed E-state index contributed by atoms with van der Waals surface area (Å²) >= 11 is -0.617. The number of aryl methyl sites for hydroxylation is 2. The molecule has 0 spiro atoms. The van der Waals surface area contributed by atoms with Crippen molar-refractivity contribution in [3.8, 4) is 0 Å². The van der Waals surface area contributed by atoms with Crippen LogP contribution in [0.2, 0.25) is 0 Å². The molecule has 0 heterocycles. The van der Waals surface area contributed by atoms with Crippen LogP contribution in [0.5, 0.6) is 0 Å². The molecular formula is C19H19Fe. The Morgan fingerprint density at radius 3 is 1.80 bits per heavy atom. The van der Waals surface area contributed by atoms with E-state index in [1.807, 2.05) is 0 Å². The first kappa shape index (κ1) is 13.4. The predicted molar refractivity (Wildman–Crippen MR) is 83.5 cm³/mol. The second kappa shape index (κ2) is 5.83. The van der Waals surface area contributed by atoms with Gasteiger partial charge in [0, 0.05) is 0 Å². The van der Waals surface area contributed by atoms with Gasteiger partial charge in [-0.3, -0.25) is 0 Å². The van der Waals surface area contributed by atoms with Crippen molar-refractivity contribution in [2.75, 3.05) is 0 Å². The molecule has 0 aromatic heterocycles. The number of rotatable bonds is 3. The first-order chi connectivity index (χ1) is 9.77. The zero-order valence-corrected chi connectivity index (χ0v) is 13.0. The fourth-order valence-corrected chi connectivity index (χ4v) is 5.75. The van der Waals surface area contributed by atoms with Crippen molar-refractivity contribution in [3.63, 3.8) is 0 Å². The van der Waals surface area contributed by atoms with E-state index in [4.69, 9.17) is 0 Å². The molecule has 2 aromatic rings. The molecular weight excluding hydrogens is 284 g/mol. The summed E-state index contributed by atoms with van der Waals surface area (Å²) in [4.78, 5) is 0. The van der Waals surface area contributed by atoms with Gasteiger partial charge in [0.05, 0.1) is 0 Å². The predicted octanol–water partition coefficient (Wildman–Crippen LogP) is 3.72. The molecule has 0 aliphatic heterocycles. The molecule has 0 fully saturated rings. The summed E-state index contributed by atoms with van der Waals surface area (Å²) in [6.07, 6.45) is 7.89. The number of allylic oxidation sites excluding steroid dienone is 4. The zero-order chi connectivity index (χ0) is 13.9. The first-order valence-corrected chi connectivity index (χ1v) is 8.56. The van der Waals surface area contributed by atoms with Gasteiger partial charge >= 0.3 is 125 Å². The van der Waals surface area contributed by atoms with E-state index >= 15 is 0 Å². The second-order valence-corrected chi connectivity index (χ2v) is 7.69. The van der Waals surface area contributed by atoms with Crippen LogP contribution in [0.15, 0.2) is 71.2 Å². The Balaban J connectivity index is 2.15. The summed E-state index contributed by atoms with van der Waals surface area (Å²) in [5, 5.41) is 0. The van der Waals surface area contributed by atoms with Gasteiger partial charge in [0.1, 0.15) is 0 Å². The summed E-state index contributed by atoms with van der Waals surface area (Å²) in [5.74, 6) is 0. The molecule has 2 aromatic carbocycles. The average molecular weight is 303 g/mol. The molecule has 103 valence electrons. The molecule has 0 atom stereocenters. The van der Waals surface area contributed by atoms with Crippen LogP contribution in [0.3, 0.4) is 0 Å². The van der Waals surface area contributed by atoms with E-state index in [0.717, 1.165) is 6.42 Å². The standard InChI is InChI=1S/2C7H7.C5H5.Fe/c2*1-7-5-3-2-4-6-7;1-2-4-5-3-1;/h2*2-5H,1H3;1-3H,4H2;. The van der Waals surface area contributed by atoms with Crippen LogP contribution in [0.1, 0.15) is 17.5 Å². The zero-order valence-electron chi connectivity index (χ0n) is 11.9. The normalized spacial score (nSPS) is 14.3. The molecule has 0 saturated carbocycles. The van der Waals surface area contributed by atoms with Gasteiger partial charge in [0.2, 0.25) is 0 Å². The molecule has 0 amide bonds. The monoisotopic (exact) mass is 303 g/mol. The van der Waals surface area contributed by atoms with Gasteiger partial charge in [-0.25, -0.2) is 0 Å². The molecule has 3 rings (SSSR count). The summed E-state index contributed by atoms with van der Waals surface area (Å²) in [6.45, 7) is 4.47. The van der Waals surface area contributed by atoms with E-state index in [1.165, 1.54) is 20.1 Å². The Morgan fingerprint density at radius 1 is 0.800 bits per heavy atom. The van der Waals surface area contributed by atoms with Crippen LogP contribution in [-0.4, -0.2) is 0 Å². The molecule has 0 bridgehead atoms. The van der Waals surface area contributed by atoms with Crippen LogP contribution in [0.25, 0.3) is 0 Å². The summed E-state index contributed by atoms with van der Waals surface area (Å²) < 4.78 is 4.60. The van der Waals surface area contributed by atoms with Crippen LogP contribution >= 0.6 is 0 Å². The van der Waals surface area contributed by atoms with Gasteiger partial charge in [0.25, 0.3) is 0 Å².